The summed E-state index contributed by atoms with van der Waals surface area (Å²) in [7, 11) is 0. The number of rotatable bonds is 4. The Morgan fingerprint density at radius 3 is 2.88 bits per heavy atom. The summed E-state index contributed by atoms with van der Waals surface area (Å²) in [5, 5.41) is 10.3. The number of imidazole rings is 1. The van der Waals surface area contributed by atoms with E-state index in [-0.39, 0.29) is 0 Å². The molecular formula is C13H17N3O. The van der Waals surface area contributed by atoms with Crippen LogP contribution in [0.25, 0.3) is 0 Å². The van der Waals surface area contributed by atoms with E-state index in [0.717, 1.165) is 24.2 Å². The second kappa shape index (κ2) is 5.10. The molecule has 0 spiro atoms. The van der Waals surface area contributed by atoms with Crippen LogP contribution in [-0.2, 0) is 6.54 Å². The molecule has 2 heterocycles. The Bertz CT molecular complexity index is 493. The molecule has 1 unspecified atom stereocenters. The summed E-state index contributed by atoms with van der Waals surface area (Å²) >= 11 is 0. The number of pyridine rings is 1. The molecule has 0 saturated carbocycles. The van der Waals surface area contributed by atoms with E-state index in [4.69, 9.17) is 0 Å². The molecule has 4 nitrogen and oxygen atoms in total. The first-order valence-electron chi connectivity index (χ1n) is 5.84. The molecule has 1 atom stereocenters. The van der Waals surface area contributed by atoms with Crippen LogP contribution < -0.4 is 0 Å². The minimum atomic E-state index is -0.682. The fourth-order valence-electron chi connectivity index (χ4n) is 1.88. The Labute approximate surface area is 101 Å². The van der Waals surface area contributed by atoms with Crippen LogP contribution in [0.2, 0.25) is 0 Å². The Balaban J connectivity index is 2.30. The van der Waals surface area contributed by atoms with E-state index in [1.807, 2.05) is 29.8 Å². The number of aryl methyl sites for hydroxylation is 2. The van der Waals surface area contributed by atoms with E-state index in [1.54, 1.807) is 12.4 Å². The fraction of sp³-hybridized carbons (Fsp3) is 0.385. The molecule has 0 amide bonds. The Morgan fingerprint density at radius 2 is 2.18 bits per heavy atom. The van der Waals surface area contributed by atoms with Gasteiger partial charge in [0.2, 0.25) is 0 Å². The molecule has 2 aromatic rings. The van der Waals surface area contributed by atoms with Crippen LogP contribution in [0.4, 0.5) is 0 Å². The van der Waals surface area contributed by atoms with Crippen LogP contribution in [0, 0.1) is 6.92 Å². The highest BCUT2D eigenvalue weighted by atomic mass is 16.3. The predicted octanol–water partition coefficient (Wildman–Crippen LogP) is 2.08. The standard InChI is InChI=1S/C13H17N3O/c1-3-7-16-8-6-15-13(16)12(17)11-4-5-14-10(2)9-11/h4-6,8-9,12,17H,3,7H2,1-2H3. The normalized spacial score (nSPS) is 12.6. The third kappa shape index (κ3) is 2.53. The first kappa shape index (κ1) is 11.8. The molecule has 2 aromatic heterocycles. The van der Waals surface area contributed by atoms with Gasteiger partial charge in [0.05, 0.1) is 0 Å². The number of hydrogen-bond acceptors (Lipinski definition) is 3. The summed E-state index contributed by atoms with van der Waals surface area (Å²) in [5.41, 5.74) is 1.73. The quantitative estimate of drug-likeness (QED) is 0.876. The van der Waals surface area contributed by atoms with Crippen LogP contribution in [0.15, 0.2) is 30.7 Å². The Kier molecular flexibility index (Phi) is 3.54. The highest BCUT2D eigenvalue weighted by Crippen LogP contribution is 2.20. The van der Waals surface area contributed by atoms with Gasteiger partial charge in [0.15, 0.2) is 0 Å². The number of aliphatic hydroxyl groups is 1. The zero-order valence-electron chi connectivity index (χ0n) is 10.2. The van der Waals surface area contributed by atoms with Crippen molar-refractivity contribution in [3.63, 3.8) is 0 Å². The summed E-state index contributed by atoms with van der Waals surface area (Å²) in [4.78, 5) is 8.36. The lowest BCUT2D eigenvalue weighted by atomic mass is 10.1. The van der Waals surface area contributed by atoms with Gasteiger partial charge >= 0.3 is 0 Å². The zero-order chi connectivity index (χ0) is 12.3. The van der Waals surface area contributed by atoms with Crippen LogP contribution in [0.3, 0.4) is 0 Å². The lowest BCUT2D eigenvalue weighted by Crippen LogP contribution is -2.10. The van der Waals surface area contributed by atoms with Crippen molar-refractivity contribution in [2.45, 2.75) is 32.9 Å². The molecule has 0 aliphatic heterocycles. The molecule has 0 fully saturated rings. The Hall–Kier alpha value is -1.68. The van der Waals surface area contributed by atoms with Crippen molar-refractivity contribution in [3.8, 4) is 0 Å². The van der Waals surface area contributed by atoms with E-state index in [2.05, 4.69) is 16.9 Å². The maximum Gasteiger partial charge on any atom is 0.142 e. The van der Waals surface area contributed by atoms with Gasteiger partial charge in [-0.15, -0.1) is 0 Å². The summed E-state index contributed by atoms with van der Waals surface area (Å²) in [5.74, 6) is 0.692. The smallest absolute Gasteiger partial charge is 0.142 e. The van der Waals surface area contributed by atoms with E-state index in [0.29, 0.717) is 5.82 Å². The lowest BCUT2D eigenvalue weighted by molar-refractivity contribution is 0.204. The second-order valence-corrected chi connectivity index (χ2v) is 4.11. The molecule has 0 aliphatic rings. The molecular weight excluding hydrogens is 214 g/mol. The molecule has 0 bridgehead atoms. The number of hydrogen-bond donors (Lipinski definition) is 1. The third-order valence-electron chi connectivity index (χ3n) is 2.69. The summed E-state index contributed by atoms with van der Waals surface area (Å²) in [6.07, 6.45) is 5.67. The molecule has 4 heteroatoms. The number of aliphatic hydroxyl groups excluding tert-OH is 1. The molecule has 90 valence electrons. The monoisotopic (exact) mass is 231 g/mol. The van der Waals surface area contributed by atoms with Gasteiger partial charge in [-0.1, -0.05) is 6.92 Å². The number of aromatic nitrogens is 3. The van der Waals surface area contributed by atoms with Gasteiger partial charge in [0, 0.05) is 30.8 Å². The van der Waals surface area contributed by atoms with Gasteiger partial charge in [0.1, 0.15) is 11.9 Å². The molecule has 0 aromatic carbocycles. The third-order valence-corrected chi connectivity index (χ3v) is 2.69. The Morgan fingerprint density at radius 1 is 1.35 bits per heavy atom. The van der Waals surface area contributed by atoms with Gasteiger partial charge in [0.25, 0.3) is 0 Å². The largest absolute Gasteiger partial charge is 0.380 e. The van der Waals surface area contributed by atoms with Gasteiger partial charge in [-0.05, 0) is 31.0 Å². The van der Waals surface area contributed by atoms with Crippen LogP contribution in [0.1, 0.15) is 36.5 Å². The van der Waals surface area contributed by atoms with Crippen molar-refractivity contribution < 1.29 is 5.11 Å². The zero-order valence-corrected chi connectivity index (χ0v) is 10.2. The highest BCUT2D eigenvalue weighted by molar-refractivity contribution is 5.23. The van der Waals surface area contributed by atoms with E-state index >= 15 is 0 Å². The molecule has 1 N–H and O–H groups in total. The molecule has 0 aliphatic carbocycles. The van der Waals surface area contributed by atoms with Gasteiger partial charge in [-0.2, -0.15) is 0 Å². The number of nitrogens with zero attached hydrogens (tertiary/aromatic N) is 3. The van der Waals surface area contributed by atoms with Crippen LogP contribution >= 0.6 is 0 Å². The molecule has 17 heavy (non-hydrogen) atoms. The summed E-state index contributed by atoms with van der Waals surface area (Å²) in [6.45, 7) is 4.89. The van der Waals surface area contributed by atoms with Crippen molar-refractivity contribution >= 4 is 0 Å². The van der Waals surface area contributed by atoms with Crippen molar-refractivity contribution in [2.75, 3.05) is 0 Å². The van der Waals surface area contributed by atoms with E-state index in [9.17, 15) is 5.11 Å². The first-order chi connectivity index (χ1) is 8.22. The van der Waals surface area contributed by atoms with E-state index in [1.165, 1.54) is 0 Å². The van der Waals surface area contributed by atoms with Crippen molar-refractivity contribution in [3.05, 3.63) is 47.8 Å². The topological polar surface area (TPSA) is 50.9 Å². The lowest BCUT2D eigenvalue weighted by Gasteiger charge is -2.13. The molecule has 0 radical (unpaired) electrons. The SMILES string of the molecule is CCCn1ccnc1C(O)c1ccnc(C)c1. The maximum atomic E-state index is 10.3. The van der Waals surface area contributed by atoms with Crippen molar-refractivity contribution in [1.29, 1.82) is 0 Å². The fourth-order valence-corrected chi connectivity index (χ4v) is 1.88. The summed E-state index contributed by atoms with van der Waals surface area (Å²) in [6, 6.07) is 3.71. The first-order valence-corrected chi connectivity index (χ1v) is 5.84. The van der Waals surface area contributed by atoms with Crippen LogP contribution in [0.5, 0.6) is 0 Å². The second-order valence-electron chi connectivity index (χ2n) is 4.11. The molecule has 2 rings (SSSR count). The van der Waals surface area contributed by atoms with Crippen molar-refractivity contribution in [2.24, 2.45) is 0 Å². The molecule has 0 saturated heterocycles. The highest BCUT2D eigenvalue weighted by Gasteiger charge is 2.15. The maximum absolute atomic E-state index is 10.3. The van der Waals surface area contributed by atoms with Gasteiger partial charge < -0.3 is 9.67 Å². The average molecular weight is 231 g/mol. The van der Waals surface area contributed by atoms with Gasteiger partial charge in [-0.3, -0.25) is 4.98 Å². The van der Waals surface area contributed by atoms with Crippen molar-refractivity contribution in [1.82, 2.24) is 14.5 Å². The van der Waals surface area contributed by atoms with E-state index < -0.39 is 6.10 Å². The minimum absolute atomic E-state index is 0.682. The summed E-state index contributed by atoms with van der Waals surface area (Å²) < 4.78 is 1.99. The predicted molar refractivity (Wildman–Crippen MR) is 65.6 cm³/mol. The average Bonchev–Trinajstić information content (AvgIpc) is 2.77. The van der Waals surface area contributed by atoms with Crippen LogP contribution in [-0.4, -0.2) is 19.6 Å². The minimum Gasteiger partial charge on any atom is -0.380 e. The van der Waals surface area contributed by atoms with Gasteiger partial charge in [-0.25, -0.2) is 4.98 Å².